The number of non-ortho nitro benzene ring substituents is 1. The first-order valence-corrected chi connectivity index (χ1v) is 6.71. The van der Waals surface area contributed by atoms with E-state index < -0.39 is 4.92 Å². The molecule has 1 aromatic carbocycles. The molecule has 0 spiro atoms. The number of nitrogens with zero attached hydrogens (tertiary/aromatic N) is 1. The number of carbonyl (C=O) groups is 1. The highest BCUT2D eigenvalue weighted by molar-refractivity contribution is 8.01. The molecule has 1 aromatic rings. The normalized spacial score (nSPS) is 12.8. The molecule has 1 unspecified atom stereocenters. The first kappa shape index (κ1) is 15.5. The number of nitro benzene ring substituents is 1. The number of esters is 1. The maximum absolute atomic E-state index is 11.8. The zero-order valence-corrected chi connectivity index (χ0v) is 12.2. The van der Waals surface area contributed by atoms with Crippen molar-refractivity contribution in [2.45, 2.75) is 37.7 Å². The number of carbonyl (C=O) groups excluding carboxylic acids is 1. The van der Waals surface area contributed by atoms with Crippen molar-refractivity contribution < 1.29 is 14.5 Å². The van der Waals surface area contributed by atoms with Crippen LogP contribution in [0.4, 0.5) is 5.69 Å². The summed E-state index contributed by atoms with van der Waals surface area (Å²) in [4.78, 5) is 21.8. The van der Waals surface area contributed by atoms with E-state index in [0.717, 1.165) is 0 Å². The largest absolute Gasteiger partial charge is 0.426 e. The lowest BCUT2D eigenvalue weighted by atomic mass is 10.3. The predicted molar refractivity (Wildman–Crippen MR) is 75.5 cm³/mol. The number of ether oxygens (including phenoxy) is 1. The number of rotatable bonds is 4. The lowest BCUT2D eigenvalue weighted by Crippen LogP contribution is -2.25. The summed E-state index contributed by atoms with van der Waals surface area (Å²) in [6, 6.07) is 5.46. The van der Waals surface area contributed by atoms with Gasteiger partial charge in [-0.25, -0.2) is 0 Å². The Kier molecular flexibility index (Phi) is 4.94. The van der Waals surface area contributed by atoms with E-state index in [1.807, 2.05) is 20.8 Å². The van der Waals surface area contributed by atoms with E-state index in [1.54, 1.807) is 6.92 Å². The van der Waals surface area contributed by atoms with Crippen molar-refractivity contribution >= 4 is 23.4 Å². The van der Waals surface area contributed by atoms with E-state index in [0.29, 0.717) is 5.75 Å². The van der Waals surface area contributed by atoms with Gasteiger partial charge in [0, 0.05) is 16.9 Å². The lowest BCUT2D eigenvalue weighted by Gasteiger charge is -2.21. The third-order valence-electron chi connectivity index (χ3n) is 2.13. The summed E-state index contributed by atoms with van der Waals surface area (Å²) in [6.07, 6.45) is 0. The van der Waals surface area contributed by atoms with Gasteiger partial charge in [-0.15, -0.1) is 11.8 Å². The molecule has 0 bridgehead atoms. The second-order valence-corrected chi connectivity index (χ2v) is 7.21. The van der Waals surface area contributed by atoms with Crippen molar-refractivity contribution in [1.29, 1.82) is 0 Å². The molecule has 6 heteroatoms. The maximum Gasteiger partial charge on any atom is 0.324 e. The van der Waals surface area contributed by atoms with E-state index in [4.69, 9.17) is 4.74 Å². The predicted octanol–water partition coefficient (Wildman–Crippen LogP) is 3.42. The minimum atomic E-state index is -0.496. The van der Waals surface area contributed by atoms with E-state index in [1.165, 1.54) is 36.0 Å². The summed E-state index contributed by atoms with van der Waals surface area (Å²) in [6.45, 7) is 7.84. The van der Waals surface area contributed by atoms with Crippen LogP contribution in [-0.4, -0.2) is 20.9 Å². The number of benzene rings is 1. The fourth-order valence-corrected chi connectivity index (χ4v) is 2.62. The van der Waals surface area contributed by atoms with Gasteiger partial charge in [0.2, 0.25) is 0 Å². The molecule has 0 aromatic heterocycles. The summed E-state index contributed by atoms with van der Waals surface area (Å²) < 4.78 is 5.14. The Bertz CT molecular complexity index is 465. The van der Waals surface area contributed by atoms with Gasteiger partial charge >= 0.3 is 5.97 Å². The molecule has 0 radical (unpaired) electrons. The van der Waals surface area contributed by atoms with Gasteiger partial charge < -0.3 is 4.74 Å². The Morgan fingerprint density at radius 2 is 1.84 bits per heavy atom. The molecule has 0 fully saturated rings. The highest BCUT2D eigenvalue weighted by atomic mass is 32.2. The molecule has 104 valence electrons. The summed E-state index contributed by atoms with van der Waals surface area (Å²) in [5, 5.41) is 10.2. The molecular formula is C13H17NO4S. The van der Waals surface area contributed by atoms with Crippen LogP contribution in [0.1, 0.15) is 27.7 Å². The lowest BCUT2D eigenvalue weighted by molar-refractivity contribution is -0.384. The molecule has 0 heterocycles. The second kappa shape index (κ2) is 6.06. The molecule has 0 aliphatic heterocycles. The number of hydrogen-bond donors (Lipinski definition) is 0. The average Bonchev–Trinajstić information content (AvgIpc) is 2.27. The zero-order chi connectivity index (χ0) is 14.6. The molecule has 0 aliphatic rings. The van der Waals surface area contributed by atoms with Gasteiger partial charge in [0.05, 0.1) is 4.92 Å². The van der Waals surface area contributed by atoms with Crippen LogP contribution in [-0.2, 0) is 4.79 Å². The van der Waals surface area contributed by atoms with E-state index in [2.05, 4.69) is 0 Å². The SMILES string of the molecule is CC(SC(C)(C)C)C(=O)Oc1ccc([N+](=O)[O-])cc1. The Morgan fingerprint density at radius 3 is 2.26 bits per heavy atom. The van der Waals surface area contributed by atoms with Gasteiger partial charge in [0.25, 0.3) is 5.69 Å². The smallest absolute Gasteiger partial charge is 0.324 e. The van der Waals surface area contributed by atoms with Gasteiger partial charge in [0.1, 0.15) is 11.0 Å². The molecule has 0 N–H and O–H groups in total. The molecule has 0 aliphatic carbocycles. The van der Waals surface area contributed by atoms with Gasteiger partial charge in [-0.3, -0.25) is 14.9 Å². The standard InChI is InChI=1S/C13H17NO4S/c1-9(19-13(2,3)4)12(15)18-11-7-5-10(6-8-11)14(16)17/h5-9H,1-4H3. The van der Waals surface area contributed by atoms with Crippen molar-refractivity contribution in [2.75, 3.05) is 0 Å². The van der Waals surface area contributed by atoms with E-state index in [9.17, 15) is 14.9 Å². The van der Waals surface area contributed by atoms with Gasteiger partial charge in [-0.1, -0.05) is 20.8 Å². The third-order valence-corrected chi connectivity index (χ3v) is 3.38. The number of nitro groups is 1. The molecule has 1 atom stereocenters. The topological polar surface area (TPSA) is 69.4 Å². The quantitative estimate of drug-likeness (QED) is 0.366. The molecule has 19 heavy (non-hydrogen) atoms. The summed E-state index contributed by atoms with van der Waals surface area (Å²) in [7, 11) is 0. The van der Waals surface area contributed by atoms with Crippen molar-refractivity contribution in [3.05, 3.63) is 34.4 Å². The van der Waals surface area contributed by atoms with E-state index in [-0.39, 0.29) is 21.7 Å². The van der Waals surface area contributed by atoms with E-state index >= 15 is 0 Å². The molecule has 0 saturated heterocycles. The van der Waals surface area contributed by atoms with Crippen molar-refractivity contribution in [3.8, 4) is 5.75 Å². The number of thioether (sulfide) groups is 1. The Labute approximate surface area is 116 Å². The fraction of sp³-hybridized carbons (Fsp3) is 0.462. The first-order chi connectivity index (χ1) is 8.69. The molecule has 0 saturated carbocycles. The van der Waals surface area contributed by atoms with Crippen molar-refractivity contribution in [1.82, 2.24) is 0 Å². The summed E-state index contributed by atoms with van der Waals surface area (Å²) in [5.74, 6) is -0.0364. The number of hydrogen-bond acceptors (Lipinski definition) is 5. The third kappa shape index (κ3) is 5.30. The first-order valence-electron chi connectivity index (χ1n) is 5.83. The highest BCUT2D eigenvalue weighted by Gasteiger charge is 2.23. The van der Waals surface area contributed by atoms with Crippen LogP contribution in [0.3, 0.4) is 0 Å². The van der Waals surface area contributed by atoms with Crippen LogP contribution < -0.4 is 4.74 Å². The van der Waals surface area contributed by atoms with Crippen LogP contribution >= 0.6 is 11.8 Å². The van der Waals surface area contributed by atoms with Crippen LogP contribution in [0.2, 0.25) is 0 Å². The average molecular weight is 283 g/mol. The Morgan fingerprint density at radius 1 is 1.32 bits per heavy atom. The minimum absolute atomic E-state index is 0.0306. The maximum atomic E-state index is 11.8. The molecule has 0 amide bonds. The summed E-state index contributed by atoms with van der Waals surface area (Å²) in [5.41, 5.74) is -0.0306. The minimum Gasteiger partial charge on any atom is -0.426 e. The molecular weight excluding hydrogens is 266 g/mol. The van der Waals surface area contributed by atoms with Crippen molar-refractivity contribution in [3.63, 3.8) is 0 Å². The van der Waals surface area contributed by atoms with Crippen molar-refractivity contribution in [2.24, 2.45) is 0 Å². The second-order valence-electron chi connectivity index (χ2n) is 5.04. The monoisotopic (exact) mass is 283 g/mol. The van der Waals surface area contributed by atoms with Gasteiger partial charge in [0.15, 0.2) is 0 Å². The molecule has 5 nitrogen and oxygen atoms in total. The summed E-state index contributed by atoms with van der Waals surface area (Å²) >= 11 is 1.51. The van der Waals surface area contributed by atoms with Crippen LogP contribution in [0.15, 0.2) is 24.3 Å². The van der Waals surface area contributed by atoms with Crippen LogP contribution in [0.25, 0.3) is 0 Å². The zero-order valence-electron chi connectivity index (χ0n) is 11.4. The van der Waals surface area contributed by atoms with Gasteiger partial charge in [-0.2, -0.15) is 0 Å². The highest BCUT2D eigenvalue weighted by Crippen LogP contribution is 2.29. The van der Waals surface area contributed by atoms with Crippen LogP contribution in [0, 0.1) is 10.1 Å². The Balaban J connectivity index is 2.64. The Hall–Kier alpha value is -1.56. The van der Waals surface area contributed by atoms with Crippen LogP contribution in [0.5, 0.6) is 5.75 Å². The van der Waals surface area contributed by atoms with Gasteiger partial charge in [-0.05, 0) is 19.1 Å². The molecule has 1 rings (SSSR count). The fourth-order valence-electron chi connectivity index (χ4n) is 1.41.